The van der Waals surface area contributed by atoms with Crippen molar-refractivity contribution in [3.63, 3.8) is 0 Å². The number of hydrogen-bond donors (Lipinski definition) is 2. The van der Waals surface area contributed by atoms with Crippen molar-refractivity contribution in [1.82, 2.24) is 10.2 Å². The van der Waals surface area contributed by atoms with Gasteiger partial charge in [0.1, 0.15) is 0 Å². The lowest BCUT2D eigenvalue weighted by molar-refractivity contribution is -0.126. The minimum Gasteiger partial charge on any atom is -0.399 e. The van der Waals surface area contributed by atoms with Crippen molar-refractivity contribution in [3.05, 3.63) is 29.8 Å². The highest BCUT2D eigenvalue weighted by Gasteiger charge is 2.27. The van der Waals surface area contributed by atoms with Crippen molar-refractivity contribution in [3.8, 4) is 0 Å². The highest BCUT2D eigenvalue weighted by molar-refractivity contribution is 5.78. The molecule has 1 aromatic rings. The van der Waals surface area contributed by atoms with E-state index in [0.29, 0.717) is 6.04 Å². The molecule has 0 spiro atoms. The molecular formula is C15H23N3O. The van der Waals surface area contributed by atoms with Gasteiger partial charge in [0, 0.05) is 25.3 Å². The van der Waals surface area contributed by atoms with Crippen LogP contribution in [0.1, 0.15) is 31.4 Å². The van der Waals surface area contributed by atoms with Crippen LogP contribution in [0.25, 0.3) is 0 Å². The average Bonchev–Trinajstić information content (AvgIpc) is 2.46. The molecule has 2 rings (SSSR count). The molecule has 0 aliphatic carbocycles. The molecule has 1 amide bonds. The number of nitrogen functional groups attached to an aromatic ring is 1. The first-order valence-electron chi connectivity index (χ1n) is 6.93. The molecule has 4 heteroatoms. The topological polar surface area (TPSA) is 58.4 Å². The van der Waals surface area contributed by atoms with Crippen LogP contribution in [0, 0.1) is 5.92 Å². The summed E-state index contributed by atoms with van der Waals surface area (Å²) in [6.45, 7) is 4.09. The van der Waals surface area contributed by atoms with Crippen LogP contribution in [0.4, 0.5) is 5.69 Å². The number of rotatable bonds is 3. The molecule has 1 aliphatic rings. The van der Waals surface area contributed by atoms with Crippen LogP contribution >= 0.6 is 0 Å². The maximum Gasteiger partial charge on any atom is 0.224 e. The van der Waals surface area contributed by atoms with Gasteiger partial charge in [-0.05, 0) is 44.0 Å². The summed E-state index contributed by atoms with van der Waals surface area (Å²) in [5.74, 6) is 0.282. The predicted octanol–water partition coefficient (Wildman–Crippen LogP) is 1.79. The number of likely N-dealkylation sites (tertiary alicyclic amines) is 1. The lowest BCUT2D eigenvalue weighted by Crippen LogP contribution is -2.43. The van der Waals surface area contributed by atoms with E-state index < -0.39 is 0 Å². The quantitative estimate of drug-likeness (QED) is 0.816. The van der Waals surface area contributed by atoms with Crippen molar-refractivity contribution in [1.29, 1.82) is 0 Å². The van der Waals surface area contributed by atoms with E-state index >= 15 is 0 Å². The normalized spacial score (nSPS) is 21.9. The van der Waals surface area contributed by atoms with Crippen LogP contribution in [0.5, 0.6) is 0 Å². The summed E-state index contributed by atoms with van der Waals surface area (Å²) >= 11 is 0. The van der Waals surface area contributed by atoms with E-state index in [0.717, 1.165) is 31.6 Å². The van der Waals surface area contributed by atoms with E-state index in [1.807, 2.05) is 12.1 Å². The molecule has 2 unspecified atom stereocenters. The van der Waals surface area contributed by atoms with Gasteiger partial charge in [-0.15, -0.1) is 0 Å². The van der Waals surface area contributed by atoms with Gasteiger partial charge in [-0.25, -0.2) is 0 Å². The Balaban J connectivity index is 2.04. The Kier molecular flexibility index (Phi) is 4.43. The number of nitrogens with two attached hydrogens (primary N) is 1. The molecule has 1 saturated heterocycles. The monoisotopic (exact) mass is 261 g/mol. The molecule has 0 bridgehead atoms. The minimum absolute atomic E-state index is 0.120. The van der Waals surface area contributed by atoms with E-state index in [2.05, 4.69) is 29.3 Å². The number of amides is 1. The molecule has 1 aromatic carbocycles. The van der Waals surface area contributed by atoms with Crippen LogP contribution < -0.4 is 11.1 Å². The van der Waals surface area contributed by atoms with Crippen LogP contribution in [-0.4, -0.2) is 30.9 Å². The number of hydrogen-bond acceptors (Lipinski definition) is 3. The van der Waals surface area contributed by atoms with Gasteiger partial charge in [0.15, 0.2) is 0 Å². The summed E-state index contributed by atoms with van der Waals surface area (Å²) in [7, 11) is 1.71. The van der Waals surface area contributed by atoms with Gasteiger partial charge in [-0.2, -0.15) is 0 Å². The largest absolute Gasteiger partial charge is 0.399 e. The Bertz CT molecular complexity index is 430. The maximum absolute atomic E-state index is 11.8. The highest BCUT2D eigenvalue weighted by atomic mass is 16.1. The van der Waals surface area contributed by atoms with Crippen LogP contribution in [0.15, 0.2) is 24.3 Å². The van der Waals surface area contributed by atoms with E-state index in [1.54, 1.807) is 7.05 Å². The molecular weight excluding hydrogens is 238 g/mol. The highest BCUT2D eigenvalue weighted by Crippen LogP contribution is 2.27. The lowest BCUT2D eigenvalue weighted by Gasteiger charge is -2.36. The number of benzene rings is 1. The van der Waals surface area contributed by atoms with Gasteiger partial charge in [-0.1, -0.05) is 12.1 Å². The fraction of sp³-hybridized carbons (Fsp3) is 0.533. The van der Waals surface area contributed by atoms with Gasteiger partial charge >= 0.3 is 0 Å². The third kappa shape index (κ3) is 3.26. The molecule has 0 saturated carbocycles. The maximum atomic E-state index is 11.8. The predicted molar refractivity (Wildman–Crippen MR) is 77.6 cm³/mol. The lowest BCUT2D eigenvalue weighted by atomic mass is 9.94. The van der Waals surface area contributed by atoms with E-state index in [9.17, 15) is 4.79 Å². The smallest absolute Gasteiger partial charge is 0.224 e. The zero-order chi connectivity index (χ0) is 13.8. The van der Waals surface area contributed by atoms with E-state index in [-0.39, 0.29) is 11.8 Å². The van der Waals surface area contributed by atoms with Crippen LogP contribution in [-0.2, 0) is 4.79 Å². The average molecular weight is 261 g/mol. The summed E-state index contributed by atoms with van der Waals surface area (Å²) in [5, 5.41) is 2.76. The van der Waals surface area contributed by atoms with E-state index in [1.165, 1.54) is 5.56 Å². The first-order chi connectivity index (χ1) is 9.11. The molecule has 0 aromatic heterocycles. The van der Waals surface area contributed by atoms with Gasteiger partial charge in [-0.3, -0.25) is 9.69 Å². The van der Waals surface area contributed by atoms with Crippen molar-refractivity contribution in [2.24, 2.45) is 5.92 Å². The molecule has 1 heterocycles. The molecule has 2 atom stereocenters. The third-order valence-corrected chi connectivity index (χ3v) is 4.04. The van der Waals surface area contributed by atoms with Crippen molar-refractivity contribution in [2.45, 2.75) is 25.8 Å². The second kappa shape index (κ2) is 6.06. The summed E-state index contributed by atoms with van der Waals surface area (Å²) in [5.41, 5.74) is 7.76. The van der Waals surface area contributed by atoms with Gasteiger partial charge in [0.05, 0.1) is 5.92 Å². The number of anilines is 1. The fourth-order valence-corrected chi connectivity index (χ4v) is 2.76. The van der Waals surface area contributed by atoms with Crippen molar-refractivity contribution < 1.29 is 4.79 Å². The van der Waals surface area contributed by atoms with Crippen LogP contribution in [0.2, 0.25) is 0 Å². The Labute approximate surface area is 115 Å². The fourth-order valence-electron chi connectivity index (χ4n) is 2.76. The molecule has 4 nitrogen and oxygen atoms in total. The Morgan fingerprint density at radius 2 is 2.11 bits per heavy atom. The molecule has 19 heavy (non-hydrogen) atoms. The van der Waals surface area contributed by atoms with Gasteiger partial charge < -0.3 is 11.1 Å². The minimum atomic E-state index is 0.120. The second-order valence-electron chi connectivity index (χ2n) is 5.29. The van der Waals surface area contributed by atoms with Crippen LogP contribution in [0.3, 0.4) is 0 Å². The molecule has 3 N–H and O–H groups in total. The zero-order valence-electron chi connectivity index (χ0n) is 11.7. The number of piperidine rings is 1. The molecule has 0 radical (unpaired) electrons. The number of nitrogens with zero attached hydrogens (tertiary/aromatic N) is 1. The van der Waals surface area contributed by atoms with Crippen molar-refractivity contribution >= 4 is 11.6 Å². The molecule has 104 valence electrons. The Morgan fingerprint density at radius 1 is 1.42 bits per heavy atom. The molecule has 1 fully saturated rings. The summed E-state index contributed by atoms with van der Waals surface area (Å²) < 4.78 is 0. The first kappa shape index (κ1) is 13.9. The Morgan fingerprint density at radius 3 is 2.74 bits per heavy atom. The SMILES string of the molecule is CNC(=O)C1CCCN(C(C)c2ccc(N)cc2)C1. The first-order valence-corrected chi connectivity index (χ1v) is 6.93. The second-order valence-corrected chi connectivity index (χ2v) is 5.29. The number of carbonyl (C=O) groups excluding carboxylic acids is 1. The third-order valence-electron chi connectivity index (χ3n) is 4.04. The Hall–Kier alpha value is -1.55. The summed E-state index contributed by atoms with van der Waals surface area (Å²) in [6, 6.07) is 8.35. The van der Waals surface area contributed by atoms with Gasteiger partial charge in [0.25, 0.3) is 0 Å². The standard InChI is InChI=1S/C15H23N3O/c1-11(12-5-7-14(16)8-6-12)18-9-3-4-13(10-18)15(19)17-2/h5-8,11,13H,3-4,9-10,16H2,1-2H3,(H,17,19). The number of carbonyl (C=O) groups is 1. The zero-order valence-corrected chi connectivity index (χ0v) is 11.7. The van der Waals surface area contributed by atoms with E-state index in [4.69, 9.17) is 5.73 Å². The summed E-state index contributed by atoms with van der Waals surface area (Å²) in [6.07, 6.45) is 2.07. The molecule has 1 aliphatic heterocycles. The van der Waals surface area contributed by atoms with Gasteiger partial charge in [0.2, 0.25) is 5.91 Å². The van der Waals surface area contributed by atoms with Crippen molar-refractivity contribution in [2.75, 3.05) is 25.9 Å². The summed E-state index contributed by atoms with van der Waals surface area (Å²) in [4.78, 5) is 14.1. The number of nitrogens with one attached hydrogen (secondary N) is 1.